The predicted octanol–water partition coefficient (Wildman–Crippen LogP) is 4.65. The molecule has 0 saturated carbocycles. The number of hydrogen-bond donors (Lipinski definition) is 2. The van der Waals surface area contributed by atoms with E-state index in [1.807, 2.05) is 26.0 Å². The largest absolute Gasteiger partial charge is 0.494 e. The van der Waals surface area contributed by atoms with Crippen LogP contribution in [0.5, 0.6) is 11.5 Å². The highest BCUT2D eigenvalue weighted by atomic mass is 79.9. The van der Waals surface area contributed by atoms with E-state index >= 15 is 0 Å². The Balaban J connectivity index is 1.55. The summed E-state index contributed by atoms with van der Waals surface area (Å²) in [5, 5.41) is 6.46. The molecule has 186 valence electrons. The van der Waals surface area contributed by atoms with Gasteiger partial charge in [-0.05, 0) is 67.4 Å². The first-order valence-corrected chi connectivity index (χ1v) is 12.1. The Morgan fingerprint density at radius 1 is 1.03 bits per heavy atom. The maximum atomic E-state index is 12.6. The standard InChI is InChI=1S/C27H26BrN3O5/c1-3-14-35-22-11-8-19(9-12-22)26(33)29-17-25(32)31-30-16-20-15-21(28)10-13-24(20)36-27(34)23-7-5-4-6-18(23)2/h4-13,15-16H,3,14,17H2,1-2H3,(H,29,33)(H,31,32). The van der Waals surface area contributed by atoms with Crippen LogP contribution in [0.25, 0.3) is 0 Å². The Hall–Kier alpha value is -3.98. The zero-order chi connectivity index (χ0) is 25.9. The van der Waals surface area contributed by atoms with Crippen molar-refractivity contribution >= 4 is 39.9 Å². The second-order valence-corrected chi connectivity index (χ2v) is 8.65. The summed E-state index contributed by atoms with van der Waals surface area (Å²) in [6.07, 6.45) is 2.25. The fraction of sp³-hybridized carbons (Fsp3) is 0.185. The van der Waals surface area contributed by atoms with Gasteiger partial charge in [-0.25, -0.2) is 10.2 Å². The third-order valence-corrected chi connectivity index (χ3v) is 5.42. The highest BCUT2D eigenvalue weighted by Gasteiger charge is 2.14. The van der Waals surface area contributed by atoms with Crippen LogP contribution in [0.1, 0.15) is 45.2 Å². The van der Waals surface area contributed by atoms with Crippen LogP contribution in [0.2, 0.25) is 0 Å². The van der Waals surface area contributed by atoms with Crippen molar-refractivity contribution in [3.63, 3.8) is 0 Å². The smallest absolute Gasteiger partial charge is 0.343 e. The fourth-order valence-corrected chi connectivity index (χ4v) is 3.45. The molecule has 3 aromatic rings. The molecule has 0 spiro atoms. The van der Waals surface area contributed by atoms with Crippen molar-refractivity contribution < 1.29 is 23.9 Å². The molecule has 0 fully saturated rings. The van der Waals surface area contributed by atoms with E-state index in [4.69, 9.17) is 9.47 Å². The number of ether oxygens (including phenoxy) is 2. The van der Waals surface area contributed by atoms with Crippen LogP contribution in [-0.2, 0) is 4.79 Å². The second kappa shape index (κ2) is 13.2. The van der Waals surface area contributed by atoms with Gasteiger partial charge in [-0.3, -0.25) is 9.59 Å². The minimum atomic E-state index is -0.518. The zero-order valence-electron chi connectivity index (χ0n) is 19.9. The molecule has 36 heavy (non-hydrogen) atoms. The average Bonchev–Trinajstić information content (AvgIpc) is 2.88. The molecule has 0 aliphatic carbocycles. The number of benzene rings is 3. The molecule has 0 aromatic heterocycles. The summed E-state index contributed by atoms with van der Waals surface area (Å²) in [6.45, 7) is 4.17. The van der Waals surface area contributed by atoms with Crippen LogP contribution in [-0.4, -0.2) is 37.1 Å². The SMILES string of the molecule is CCCOc1ccc(C(=O)NCC(=O)NN=Cc2cc(Br)ccc2OC(=O)c2ccccc2C)cc1. The van der Waals surface area contributed by atoms with Gasteiger partial charge >= 0.3 is 5.97 Å². The summed E-state index contributed by atoms with van der Waals surface area (Å²) >= 11 is 3.37. The normalized spacial score (nSPS) is 10.6. The number of aryl methyl sites for hydroxylation is 1. The number of nitrogens with one attached hydrogen (secondary N) is 2. The molecule has 0 aliphatic heterocycles. The van der Waals surface area contributed by atoms with Gasteiger partial charge in [-0.2, -0.15) is 5.10 Å². The van der Waals surface area contributed by atoms with E-state index in [-0.39, 0.29) is 12.3 Å². The minimum Gasteiger partial charge on any atom is -0.494 e. The van der Waals surface area contributed by atoms with Gasteiger partial charge in [0.15, 0.2) is 0 Å². The lowest BCUT2D eigenvalue weighted by Crippen LogP contribution is -2.34. The molecular weight excluding hydrogens is 526 g/mol. The molecule has 0 heterocycles. The highest BCUT2D eigenvalue weighted by molar-refractivity contribution is 9.10. The van der Waals surface area contributed by atoms with Crippen LogP contribution in [0, 0.1) is 6.92 Å². The number of hydrazone groups is 1. The van der Waals surface area contributed by atoms with Crippen LogP contribution in [0.3, 0.4) is 0 Å². The van der Waals surface area contributed by atoms with Gasteiger partial charge in [-0.1, -0.05) is 41.1 Å². The molecule has 3 rings (SSSR count). The molecule has 3 aromatic carbocycles. The summed E-state index contributed by atoms with van der Waals surface area (Å²) in [7, 11) is 0. The Morgan fingerprint density at radius 2 is 1.78 bits per heavy atom. The van der Waals surface area contributed by atoms with E-state index in [9.17, 15) is 14.4 Å². The van der Waals surface area contributed by atoms with Crippen molar-refractivity contribution in [1.29, 1.82) is 0 Å². The highest BCUT2D eigenvalue weighted by Crippen LogP contribution is 2.23. The monoisotopic (exact) mass is 551 g/mol. The Morgan fingerprint density at radius 3 is 2.50 bits per heavy atom. The molecule has 0 bridgehead atoms. The first-order chi connectivity index (χ1) is 17.4. The molecule has 8 nitrogen and oxygen atoms in total. The van der Waals surface area contributed by atoms with Crippen molar-refractivity contribution in [2.24, 2.45) is 5.10 Å². The Labute approximate surface area is 217 Å². The second-order valence-electron chi connectivity index (χ2n) is 7.74. The van der Waals surface area contributed by atoms with Crippen molar-refractivity contribution in [3.05, 3.63) is 93.5 Å². The van der Waals surface area contributed by atoms with Gasteiger partial charge < -0.3 is 14.8 Å². The van der Waals surface area contributed by atoms with Crippen molar-refractivity contribution in [2.75, 3.05) is 13.2 Å². The lowest BCUT2D eigenvalue weighted by atomic mass is 10.1. The van der Waals surface area contributed by atoms with Crippen molar-refractivity contribution in [1.82, 2.24) is 10.7 Å². The summed E-state index contributed by atoms with van der Waals surface area (Å²) in [6, 6.07) is 18.8. The van der Waals surface area contributed by atoms with E-state index in [2.05, 4.69) is 31.8 Å². The van der Waals surface area contributed by atoms with E-state index < -0.39 is 17.8 Å². The van der Waals surface area contributed by atoms with Crippen molar-refractivity contribution in [2.45, 2.75) is 20.3 Å². The first kappa shape index (κ1) is 26.6. The molecule has 2 N–H and O–H groups in total. The molecule has 0 aliphatic rings. The topological polar surface area (TPSA) is 106 Å². The number of nitrogens with zero attached hydrogens (tertiary/aromatic N) is 1. The number of esters is 1. The third-order valence-electron chi connectivity index (χ3n) is 4.93. The molecule has 0 atom stereocenters. The Kier molecular flexibility index (Phi) is 9.76. The van der Waals surface area contributed by atoms with Gasteiger partial charge in [0.1, 0.15) is 11.5 Å². The van der Waals surface area contributed by atoms with Gasteiger partial charge in [0, 0.05) is 15.6 Å². The summed E-state index contributed by atoms with van der Waals surface area (Å²) in [5.41, 5.74) is 4.48. The zero-order valence-corrected chi connectivity index (χ0v) is 21.5. The fourth-order valence-electron chi connectivity index (χ4n) is 3.07. The third kappa shape index (κ3) is 7.78. The van der Waals surface area contributed by atoms with Gasteiger partial charge in [0.05, 0.1) is 24.9 Å². The van der Waals surface area contributed by atoms with Crippen LogP contribution in [0.15, 0.2) is 76.3 Å². The lowest BCUT2D eigenvalue weighted by Gasteiger charge is -2.09. The van der Waals surface area contributed by atoms with E-state index in [1.165, 1.54) is 6.21 Å². The van der Waals surface area contributed by atoms with Crippen LogP contribution < -0.4 is 20.2 Å². The molecule has 0 radical (unpaired) electrons. The molecule has 9 heteroatoms. The van der Waals surface area contributed by atoms with E-state index in [0.717, 1.165) is 16.5 Å². The minimum absolute atomic E-state index is 0.266. The Bertz CT molecular complexity index is 1260. The molecule has 0 saturated heterocycles. The van der Waals surface area contributed by atoms with Gasteiger partial charge in [-0.15, -0.1) is 0 Å². The number of halogens is 1. The molecule has 2 amide bonds. The quantitative estimate of drug-likeness (QED) is 0.165. The summed E-state index contributed by atoms with van der Waals surface area (Å²) in [4.78, 5) is 37.0. The molecule has 0 unspecified atom stereocenters. The van der Waals surface area contributed by atoms with Gasteiger partial charge in [0.25, 0.3) is 11.8 Å². The summed E-state index contributed by atoms with van der Waals surface area (Å²) < 4.78 is 11.8. The number of carbonyl (C=O) groups is 3. The van der Waals surface area contributed by atoms with Gasteiger partial charge in [0.2, 0.25) is 0 Å². The van der Waals surface area contributed by atoms with Crippen LogP contribution in [0.4, 0.5) is 0 Å². The summed E-state index contributed by atoms with van der Waals surface area (Å²) in [5.74, 6) is -0.451. The molecular formula is C27H26BrN3O5. The van der Waals surface area contributed by atoms with E-state index in [0.29, 0.717) is 29.0 Å². The lowest BCUT2D eigenvalue weighted by molar-refractivity contribution is -0.120. The predicted molar refractivity (Wildman–Crippen MR) is 141 cm³/mol. The number of hydrogen-bond acceptors (Lipinski definition) is 6. The number of carbonyl (C=O) groups excluding carboxylic acids is 3. The van der Waals surface area contributed by atoms with Crippen LogP contribution >= 0.6 is 15.9 Å². The number of rotatable bonds is 10. The first-order valence-electron chi connectivity index (χ1n) is 11.3. The average molecular weight is 552 g/mol. The maximum Gasteiger partial charge on any atom is 0.343 e. The number of amides is 2. The van der Waals surface area contributed by atoms with Crippen molar-refractivity contribution in [3.8, 4) is 11.5 Å². The van der Waals surface area contributed by atoms with E-state index in [1.54, 1.807) is 54.6 Å². The maximum absolute atomic E-state index is 12.6.